The van der Waals surface area contributed by atoms with Gasteiger partial charge in [0.05, 0.1) is 0 Å². The predicted molar refractivity (Wildman–Crippen MR) is 86.2 cm³/mol. The second-order valence-corrected chi connectivity index (χ2v) is 5.55. The van der Waals surface area contributed by atoms with Crippen molar-refractivity contribution in [3.05, 3.63) is 40.2 Å². The summed E-state index contributed by atoms with van der Waals surface area (Å²) in [4.78, 5) is 23.3. The van der Waals surface area contributed by atoms with Gasteiger partial charge in [0.2, 0.25) is 0 Å². The van der Waals surface area contributed by atoms with E-state index in [0.717, 1.165) is 24.6 Å². The molecule has 2 aromatic rings. The second kappa shape index (κ2) is 7.78. The largest absolute Gasteiger partial charge is 0.426 e. The molecule has 0 unspecified atom stereocenters. The normalized spacial score (nSPS) is 10.8. The Morgan fingerprint density at radius 2 is 1.91 bits per heavy atom. The molecule has 118 valence electrons. The van der Waals surface area contributed by atoms with Crippen LogP contribution in [-0.4, -0.2) is 5.97 Å². The van der Waals surface area contributed by atoms with Gasteiger partial charge in [-0.3, -0.25) is 4.79 Å². The fourth-order valence-electron chi connectivity index (χ4n) is 2.31. The first-order valence-electron chi connectivity index (χ1n) is 7.85. The highest BCUT2D eigenvalue weighted by Gasteiger charge is 2.07. The Labute approximate surface area is 130 Å². The van der Waals surface area contributed by atoms with Gasteiger partial charge in [0.15, 0.2) is 0 Å². The molecule has 4 heteroatoms. The van der Waals surface area contributed by atoms with Gasteiger partial charge in [0.1, 0.15) is 11.3 Å². The molecule has 0 N–H and O–H groups in total. The molecule has 0 fully saturated rings. The van der Waals surface area contributed by atoms with Crippen LogP contribution in [0.15, 0.2) is 33.5 Å². The maximum absolute atomic E-state index is 11.8. The Kier molecular flexibility index (Phi) is 5.75. The predicted octanol–water partition coefficient (Wildman–Crippen LogP) is 4.37. The first-order valence-corrected chi connectivity index (χ1v) is 7.85. The monoisotopic (exact) mass is 302 g/mol. The molecule has 0 aliphatic rings. The van der Waals surface area contributed by atoms with Crippen molar-refractivity contribution in [1.82, 2.24) is 0 Å². The Balaban J connectivity index is 1.95. The van der Waals surface area contributed by atoms with Gasteiger partial charge in [-0.15, -0.1) is 0 Å². The van der Waals surface area contributed by atoms with Gasteiger partial charge in [-0.05, 0) is 31.5 Å². The van der Waals surface area contributed by atoms with Crippen molar-refractivity contribution < 1.29 is 13.9 Å². The zero-order chi connectivity index (χ0) is 15.9. The summed E-state index contributed by atoms with van der Waals surface area (Å²) >= 11 is 0. The Hall–Kier alpha value is -2.10. The van der Waals surface area contributed by atoms with Crippen molar-refractivity contribution in [3.63, 3.8) is 0 Å². The van der Waals surface area contributed by atoms with Crippen molar-refractivity contribution >= 4 is 16.9 Å². The Morgan fingerprint density at radius 1 is 1.14 bits per heavy atom. The second-order valence-electron chi connectivity index (χ2n) is 5.55. The highest BCUT2D eigenvalue weighted by molar-refractivity contribution is 5.80. The van der Waals surface area contributed by atoms with E-state index in [1.807, 2.05) is 0 Å². The molecule has 1 heterocycles. The number of esters is 1. The average Bonchev–Trinajstić information content (AvgIpc) is 2.48. The lowest BCUT2D eigenvalue weighted by Crippen LogP contribution is -2.07. The van der Waals surface area contributed by atoms with Gasteiger partial charge < -0.3 is 9.15 Å². The summed E-state index contributed by atoms with van der Waals surface area (Å²) in [6.07, 6.45) is 5.86. The van der Waals surface area contributed by atoms with Crippen LogP contribution < -0.4 is 10.4 Å². The van der Waals surface area contributed by atoms with E-state index in [0.29, 0.717) is 23.3 Å². The van der Waals surface area contributed by atoms with E-state index in [9.17, 15) is 9.59 Å². The molecule has 0 atom stereocenters. The third kappa shape index (κ3) is 4.45. The molecule has 2 rings (SSSR count). The smallest absolute Gasteiger partial charge is 0.339 e. The summed E-state index contributed by atoms with van der Waals surface area (Å²) in [5.41, 5.74) is 0.625. The van der Waals surface area contributed by atoms with E-state index in [-0.39, 0.29) is 11.6 Å². The summed E-state index contributed by atoms with van der Waals surface area (Å²) < 4.78 is 10.5. The lowest BCUT2D eigenvalue weighted by molar-refractivity contribution is -0.134. The van der Waals surface area contributed by atoms with E-state index in [1.54, 1.807) is 31.2 Å². The fraction of sp³-hybridized carbons (Fsp3) is 0.444. The van der Waals surface area contributed by atoms with Crippen molar-refractivity contribution in [3.8, 4) is 5.75 Å². The third-order valence-electron chi connectivity index (χ3n) is 3.60. The number of hydrogen-bond donors (Lipinski definition) is 0. The van der Waals surface area contributed by atoms with Gasteiger partial charge in [-0.2, -0.15) is 0 Å². The van der Waals surface area contributed by atoms with Crippen LogP contribution in [0.2, 0.25) is 0 Å². The maximum atomic E-state index is 11.8. The lowest BCUT2D eigenvalue weighted by atomic mass is 10.1. The lowest BCUT2D eigenvalue weighted by Gasteiger charge is -2.05. The van der Waals surface area contributed by atoms with Crippen LogP contribution in [0.25, 0.3) is 11.0 Å². The van der Waals surface area contributed by atoms with Gasteiger partial charge in [0, 0.05) is 23.4 Å². The molecule has 0 aliphatic carbocycles. The molecule has 0 saturated carbocycles. The summed E-state index contributed by atoms with van der Waals surface area (Å²) in [7, 11) is 0. The van der Waals surface area contributed by atoms with Crippen LogP contribution in [0.4, 0.5) is 0 Å². The van der Waals surface area contributed by atoms with Crippen molar-refractivity contribution in [2.75, 3.05) is 0 Å². The van der Waals surface area contributed by atoms with E-state index < -0.39 is 0 Å². The number of carbonyl (C=O) groups excluding carboxylic acids is 1. The number of benzene rings is 1. The van der Waals surface area contributed by atoms with Gasteiger partial charge >= 0.3 is 11.6 Å². The topological polar surface area (TPSA) is 56.5 Å². The van der Waals surface area contributed by atoms with Crippen LogP contribution in [-0.2, 0) is 4.79 Å². The van der Waals surface area contributed by atoms with Crippen LogP contribution >= 0.6 is 0 Å². The number of carbonyl (C=O) groups is 1. The van der Waals surface area contributed by atoms with Gasteiger partial charge in [0.25, 0.3) is 0 Å². The van der Waals surface area contributed by atoms with Gasteiger partial charge in [-0.1, -0.05) is 32.6 Å². The molecule has 1 aromatic heterocycles. The van der Waals surface area contributed by atoms with Crippen LogP contribution in [0, 0.1) is 6.92 Å². The van der Waals surface area contributed by atoms with Crippen LogP contribution in [0.5, 0.6) is 5.75 Å². The number of hydrogen-bond acceptors (Lipinski definition) is 4. The summed E-state index contributed by atoms with van der Waals surface area (Å²) in [6, 6.07) is 6.86. The highest BCUT2D eigenvalue weighted by atomic mass is 16.5. The summed E-state index contributed by atoms with van der Waals surface area (Å²) in [5.74, 6) is 0.170. The zero-order valence-corrected chi connectivity index (χ0v) is 13.2. The third-order valence-corrected chi connectivity index (χ3v) is 3.60. The van der Waals surface area contributed by atoms with E-state index in [1.165, 1.54) is 12.8 Å². The number of rotatable bonds is 7. The van der Waals surface area contributed by atoms with Crippen molar-refractivity contribution in [2.45, 2.75) is 52.4 Å². The minimum absolute atomic E-state index is 0.245. The molecule has 0 bridgehead atoms. The molecule has 0 radical (unpaired) electrons. The standard InChI is InChI=1S/C18H22O4/c1-3-4-5-6-7-8-17(19)21-15-10-9-14-11-13(2)18(20)22-16(14)12-15/h9-12H,3-8H2,1-2H3. The van der Waals surface area contributed by atoms with E-state index in [4.69, 9.17) is 9.15 Å². The average molecular weight is 302 g/mol. The zero-order valence-electron chi connectivity index (χ0n) is 13.2. The molecule has 0 amide bonds. The maximum Gasteiger partial charge on any atom is 0.339 e. The first kappa shape index (κ1) is 16.3. The van der Waals surface area contributed by atoms with Crippen molar-refractivity contribution in [1.29, 1.82) is 0 Å². The summed E-state index contributed by atoms with van der Waals surface area (Å²) in [5, 5.41) is 0.816. The minimum Gasteiger partial charge on any atom is -0.426 e. The van der Waals surface area contributed by atoms with Crippen LogP contribution in [0.1, 0.15) is 51.0 Å². The minimum atomic E-state index is -0.369. The van der Waals surface area contributed by atoms with E-state index in [2.05, 4.69) is 6.92 Å². The molecule has 1 aromatic carbocycles. The molecule has 22 heavy (non-hydrogen) atoms. The molecule has 4 nitrogen and oxygen atoms in total. The highest BCUT2D eigenvalue weighted by Crippen LogP contribution is 2.21. The first-order chi connectivity index (χ1) is 10.6. The number of aryl methyl sites for hydroxylation is 1. The Bertz CT molecular complexity index is 700. The van der Waals surface area contributed by atoms with Gasteiger partial charge in [-0.25, -0.2) is 4.79 Å². The molecular formula is C18H22O4. The number of ether oxygens (including phenoxy) is 1. The van der Waals surface area contributed by atoms with Crippen LogP contribution in [0.3, 0.4) is 0 Å². The molecule has 0 spiro atoms. The number of unbranched alkanes of at least 4 members (excludes halogenated alkanes) is 4. The fourth-order valence-corrected chi connectivity index (χ4v) is 2.31. The Morgan fingerprint density at radius 3 is 2.68 bits per heavy atom. The quantitative estimate of drug-likeness (QED) is 0.330. The SMILES string of the molecule is CCCCCCCC(=O)Oc1ccc2cc(C)c(=O)oc2c1. The number of fused-ring (bicyclic) bond motifs is 1. The summed E-state index contributed by atoms with van der Waals surface area (Å²) in [6.45, 7) is 3.87. The van der Waals surface area contributed by atoms with Crippen molar-refractivity contribution in [2.24, 2.45) is 0 Å². The molecule has 0 aliphatic heterocycles. The molecule has 0 saturated heterocycles. The van der Waals surface area contributed by atoms with E-state index >= 15 is 0 Å². The molecular weight excluding hydrogens is 280 g/mol.